The first-order valence-electron chi connectivity index (χ1n) is 5.97. The second-order valence-electron chi connectivity index (χ2n) is 5.06. The van der Waals surface area contributed by atoms with Gasteiger partial charge >= 0.3 is 5.97 Å². The van der Waals surface area contributed by atoms with E-state index in [1.165, 1.54) is 0 Å². The van der Waals surface area contributed by atoms with Crippen LogP contribution in [0.2, 0.25) is 0 Å². The van der Waals surface area contributed by atoms with Gasteiger partial charge in [-0.15, -0.1) is 0 Å². The lowest BCUT2D eigenvalue weighted by molar-refractivity contribution is -0.151. The fraction of sp³-hybridized carbons (Fsp3) is 0.400. The smallest absolute Gasteiger partial charge is 0.337 e. The highest BCUT2D eigenvalue weighted by Gasteiger charge is 2.25. The first-order valence-corrected chi connectivity index (χ1v) is 5.97. The molecule has 0 fully saturated rings. The Morgan fingerprint density at radius 2 is 1.83 bits per heavy atom. The van der Waals surface area contributed by atoms with Crippen molar-refractivity contribution in [3.63, 3.8) is 0 Å². The van der Waals surface area contributed by atoms with E-state index in [2.05, 4.69) is 0 Å². The van der Waals surface area contributed by atoms with Crippen molar-refractivity contribution in [1.82, 2.24) is 0 Å². The van der Waals surface area contributed by atoms with Crippen molar-refractivity contribution < 1.29 is 14.6 Å². The lowest BCUT2D eigenvalue weighted by Crippen LogP contribution is -2.26. The van der Waals surface area contributed by atoms with E-state index >= 15 is 0 Å². The number of hydrogen-bond acceptors (Lipinski definition) is 3. The van der Waals surface area contributed by atoms with Gasteiger partial charge < -0.3 is 9.84 Å². The Balaban J connectivity index is 2.89. The van der Waals surface area contributed by atoms with Gasteiger partial charge in [0.2, 0.25) is 0 Å². The number of aliphatic hydroxyl groups excluding tert-OH is 1. The molecule has 18 heavy (non-hydrogen) atoms. The van der Waals surface area contributed by atoms with Crippen LogP contribution < -0.4 is 0 Å². The van der Waals surface area contributed by atoms with Crippen LogP contribution >= 0.6 is 0 Å². The third-order valence-electron chi connectivity index (χ3n) is 2.36. The molecule has 1 aromatic rings. The third kappa shape index (κ3) is 4.00. The van der Waals surface area contributed by atoms with Crippen LogP contribution in [0.4, 0.5) is 0 Å². The van der Waals surface area contributed by atoms with E-state index in [1.54, 1.807) is 45.9 Å². The number of ether oxygens (including phenoxy) is 1. The highest BCUT2D eigenvalue weighted by Crippen LogP contribution is 2.24. The normalized spacial score (nSPS) is 14.2. The first kappa shape index (κ1) is 14.5. The van der Waals surface area contributed by atoms with Crippen molar-refractivity contribution in [2.45, 2.75) is 39.4 Å². The molecule has 0 saturated heterocycles. The van der Waals surface area contributed by atoms with Crippen molar-refractivity contribution in [3.8, 4) is 0 Å². The molecule has 0 spiro atoms. The quantitative estimate of drug-likeness (QED) is 0.660. The number of carbonyl (C=O) groups is 1. The molecule has 3 nitrogen and oxygen atoms in total. The van der Waals surface area contributed by atoms with Crippen molar-refractivity contribution in [2.24, 2.45) is 0 Å². The topological polar surface area (TPSA) is 46.5 Å². The third-order valence-corrected chi connectivity index (χ3v) is 2.36. The summed E-state index contributed by atoms with van der Waals surface area (Å²) in [4.78, 5) is 12.0. The van der Waals surface area contributed by atoms with Gasteiger partial charge in [-0.3, -0.25) is 0 Å². The molecule has 1 N–H and O–H groups in total. The highest BCUT2D eigenvalue weighted by atomic mass is 16.6. The summed E-state index contributed by atoms with van der Waals surface area (Å²) in [7, 11) is 0. The molecule has 1 aromatic carbocycles. The Labute approximate surface area is 108 Å². The maximum absolute atomic E-state index is 12.0. The van der Waals surface area contributed by atoms with Gasteiger partial charge in [0.15, 0.2) is 0 Å². The zero-order valence-corrected chi connectivity index (χ0v) is 11.3. The molecule has 0 unspecified atom stereocenters. The number of allylic oxidation sites excluding steroid dienone is 1. The number of hydrogen-bond donors (Lipinski definition) is 1. The van der Waals surface area contributed by atoms with Crippen molar-refractivity contribution in [3.05, 3.63) is 47.5 Å². The molecule has 0 heterocycles. The first-order chi connectivity index (χ1) is 8.35. The summed E-state index contributed by atoms with van der Waals surface area (Å²) < 4.78 is 5.27. The summed E-state index contributed by atoms with van der Waals surface area (Å²) in [6, 6.07) is 9.05. The Morgan fingerprint density at radius 1 is 1.28 bits per heavy atom. The van der Waals surface area contributed by atoms with Gasteiger partial charge in [0.25, 0.3) is 0 Å². The predicted octanol–water partition coefficient (Wildman–Crippen LogP) is 3.01. The minimum absolute atomic E-state index is 0.260. The average molecular weight is 248 g/mol. The molecular formula is C15H20O3. The Morgan fingerprint density at radius 3 is 2.28 bits per heavy atom. The average Bonchev–Trinajstić information content (AvgIpc) is 2.28. The van der Waals surface area contributed by atoms with Crippen molar-refractivity contribution >= 4 is 5.97 Å². The minimum atomic E-state index is -0.953. The number of carbonyl (C=O) groups excluding carboxylic acids is 1. The van der Waals surface area contributed by atoms with E-state index in [1.807, 2.05) is 18.2 Å². The van der Waals surface area contributed by atoms with Gasteiger partial charge in [0.1, 0.15) is 11.7 Å². The van der Waals surface area contributed by atoms with Crippen LogP contribution in [0.1, 0.15) is 39.4 Å². The van der Waals surface area contributed by atoms with Crippen LogP contribution in [-0.4, -0.2) is 16.7 Å². The summed E-state index contributed by atoms with van der Waals surface area (Å²) in [5, 5.41) is 10.2. The summed E-state index contributed by atoms with van der Waals surface area (Å²) in [6.07, 6.45) is 0.636. The summed E-state index contributed by atoms with van der Waals surface area (Å²) in [5.74, 6) is -0.485. The van der Waals surface area contributed by atoms with Crippen LogP contribution in [0, 0.1) is 0 Å². The van der Waals surface area contributed by atoms with E-state index in [4.69, 9.17) is 4.74 Å². The lowest BCUT2D eigenvalue weighted by Gasteiger charge is -2.22. The van der Waals surface area contributed by atoms with E-state index < -0.39 is 17.7 Å². The Bertz CT molecular complexity index is 427. The molecule has 0 aliphatic rings. The van der Waals surface area contributed by atoms with Crippen molar-refractivity contribution in [2.75, 3.05) is 0 Å². The Kier molecular flexibility index (Phi) is 4.68. The molecule has 0 bridgehead atoms. The Hall–Kier alpha value is -1.61. The fourth-order valence-corrected chi connectivity index (χ4v) is 1.54. The van der Waals surface area contributed by atoms with Gasteiger partial charge in [0, 0.05) is 0 Å². The van der Waals surface area contributed by atoms with Crippen LogP contribution in [-0.2, 0) is 9.53 Å². The molecule has 0 aliphatic heterocycles. The standard InChI is InChI=1S/C15H20O3/c1-5-12(14(17)18-15(2,3)4)13(16)11-9-7-6-8-10-11/h5-10,13,16H,1-4H3/b12-5-/t13-/m1/s1. The molecule has 98 valence electrons. The summed E-state index contributed by atoms with van der Waals surface area (Å²) in [6.45, 7) is 7.11. The van der Waals surface area contributed by atoms with Gasteiger partial charge in [0.05, 0.1) is 5.57 Å². The van der Waals surface area contributed by atoms with Gasteiger partial charge in [-0.05, 0) is 33.3 Å². The molecule has 0 aromatic heterocycles. The van der Waals surface area contributed by atoms with Crippen LogP contribution in [0.25, 0.3) is 0 Å². The fourth-order valence-electron chi connectivity index (χ4n) is 1.54. The van der Waals surface area contributed by atoms with Gasteiger partial charge in [-0.1, -0.05) is 36.4 Å². The lowest BCUT2D eigenvalue weighted by atomic mass is 10.0. The molecule has 0 aliphatic carbocycles. The van der Waals surface area contributed by atoms with Crippen LogP contribution in [0.3, 0.4) is 0 Å². The SMILES string of the molecule is C/C=C(\C(=O)OC(C)(C)C)[C@H](O)c1ccccc1. The molecule has 3 heteroatoms. The number of benzene rings is 1. The molecule has 1 atom stereocenters. The maximum atomic E-state index is 12.0. The zero-order chi connectivity index (χ0) is 13.8. The van der Waals surface area contributed by atoms with Gasteiger partial charge in [-0.25, -0.2) is 4.79 Å². The van der Waals surface area contributed by atoms with E-state index in [-0.39, 0.29) is 5.57 Å². The van der Waals surface area contributed by atoms with E-state index in [0.717, 1.165) is 0 Å². The number of rotatable bonds is 3. The summed E-state index contributed by atoms with van der Waals surface area (Å²) in [5.41, 5.74) is 0.370. The molecule has 0 saturated carbocycles. The van der Waals surface area contributed by atoms with Crippen LogP contribution in [0.15, 0.2) is 42.0 Å². The largest absolute Gasteiger partial charge is 0.457 e. The minimum Gasteiger partial charge on any atom is -0.457 e. The molecule has 1 rings (SSSR count). The predicted molar refractivity (Wildman–Crippen MR) is 71.0 cm³/mol. The monoisotopic (exact) mass is 248 g/mol. The molecular weight excluding hydrogens is 228 g/mol. The molecule has 0 amide bonds. The van der Waals surface area contributed by atoms with E-state index in [0.29, 0.717) is 5.56 Å². The highest BCUT2D eigenvalue weighted by molar-refractivity contribution is 5.90. The molecule has 0 radical (unpaired) electrons. The maximum Gasteiger partial charge on any atom is 0.337 e. The van der Waals surface area contributed by atoms with Crippen molar-refractivity contribution in [1.29, 1.82) is 0 Å². The zero-order valence-electron chi connectivity index (χ0n) is 11.3. The summed E-state index contributed by atoms with van der Waals surface area (Å²) >= 11 is 0. The second kappa shape index (κ2) is 5.83. The number of esters is 1. The number of aliphatic hydroxyl groups is 1. The van der Waals surface area contributed by atoms with Gasteiger partial charge in [-0.2, -0.15) is 0 Å². The van der Waals surface area contributed by atoms with E-state index in [9.17, 15) is 9.90 Å². The second-order valence-corrected chi connectivity index (χ2v) is 5.06. The van der Waals surface area contributed by atoms with Crippen LogP contribution in [0.5, 0.6) is 0 Å².